The van der Waals surface area contributed by atoms with E-state index in [2.05, 4.69) is 6.07 Å². The number of thiophene rings is 1. The first-order valence-corrected chi connectivity index (χ1v) is 12.6. The average Bonchev–Trinajstić information content (AvgIpc) is 3.25. The van der Waals surface area contributed by atoms with Gasteiger partial charge in [-0.25, -0.2) is 8.42 Å². The monoisotopic (exact) mass is 487 g/mol. The van der Waals surface area contributed by atoms with E-state index in [9.17, 15) is 26.4 Å². The molecule has 1 aromatic carbocycles. The molecule has 2 aliphatic rings. The number of nitrogens with zero attached hydrogens (tertiary/aromatic N) is 3. The van der Waals surface area contributed by atoms with E-state index in [0.717, 1.165) is 30.7 Å². The summed E-state index contributed by atoms with van der Waals surface area (Å²) in [4.78, 5) is 18.0. The first-order valence-electron chi connectivity index (χ1n) is 10.3. The molecule has 0 aliphatic carbocycles. The van der Waals surface area contributed by atoms with Crippen LogP contribution in [0.4, 0.5) is 13.2 Å². The third-order valence-corrected chi connectivity index (χ3v) is 9.05. The summed E-state index contributed by atoms with van der Waals surface area (Å²) in [6, 6.07) is 5.22. The van der Waals surface area contributed by atoms with Crippen molar-refractivity contribution in [3.63, 3.8) is 0 Å². The Morgan fingerprint density at radius 3 is 2.31 bits per heavy atom. The van der Waals surface area contributed by atoms with Crippen molar-refractivity contribution >= 4 is 27.3 Å². The van der Waals surface area contributed by atoms with Gasteiger partial charge in [0.2, 0.25) is 15.9 Å². The lowest BCUT2D eigenvalue weighted by molar-refractivity contribution is -0.138. The minimum Gasteiger partial charge on any atom is -0.337 e. The van der Waals surface area contributed by atoms with E-state index in [4.69, 9.17) is 0 Å². The summed E-state index contributed by atoms with van der Waals surface area (Å²) in [5, 5.41) is 2.04. The number of carbonyl (C=O) groups is 1. The second kappa shape index (κ2) is 8.77. The average molecular weight is 488 g/mol. The molecule has 1 fully saturated rings. The van der Waals surface area contributed by atoms with Crippen molar-refractivity contribution in [2.45, 2.75) is 37.0 Å². The Morgan fingerprint density at radius 2 is 1.69 bits per heavy atom. The molecular formula is C21H24F3N3O3S2. The highest BCUT2D eigenvalue weighted by molar-refractivity contribution is 7.89. The molecule has 1 unspecified atom stereocenters. The normalized spacial score (nSPS) is 19.6. The summed E-state index contributed by atoms with van der Waals surface area (Å²) in [6.07, 6.45) is -3.67. The van der Waals surface area contributed by atoms with Gasteiger partial charge in [0.15, 0.2) is 0 Å². The third kappa shape index (κ3) is 4.57. The standard InChI is InChI=1S/C21H24F3N3O3S2/c1-15(20(28)26-8-6-19-16(14-26)7-13-31-19)25-9-11-27(12-10-25)32(29,30)18-4-2-17(3-5-18)21(22,23)24/h2-5,7,13,15H,6,8-12,14H2,1H3. The Kier molecular flexibility index (Phi) is 6.36. The Bertz CT molecular complexity index is 1080. The van der Waals surface area contributed by atoms with Gasteiger partial charge in [0.1, 0.15) is 0 Å². The van der Waals surface area contributed by atoms with Crippen LogP contribution in [0.15, 0.2) is 40.6 Å². The SMILES string of the molecule is CC(C(=O)N1CCc2sccc2C1)N1CCN(S(=O)(=O)c2ccc(C(F)(F)F)cc2)CC1. The molecule has 0 spiro atoms. The zero-order chi connectivity index (χ0) is 23.1. The van der Waals surface area contributed by atoms with E-state index < -0.39 is 21.8 Å². The molecule has 0 saturated carbocycles. The maximum absolute atomic E-state index is 13.0. The Labute approximate surface area is 189 Å². The van der Waals surface area contributed by atoms with Crippen molar-refractivity contribution in [1.29, 1.82) is 0 Å². The van der Waals surface area contributed by atoms with Crippen LogP contribution in [0.25, 0.3) is 0 Å². The summed E-state index contributed by atoms with van der Waals surface area (Å²) in [7, 11) is -3.90. The predicted octanol–water partition coefficient (Wildman–Crippen LogP) is 3.05. The number of alkyl halides is 3. The molecule has 0 N–H and O–H groups in total. The summed E-state index contributed by atoms with van der Waals surface area (Å²) in [5.41, 5.74) is 0.301. The zero-order valence-electron chi connectivity index (χ0n) is 17.5. The fourth-order valence-electron chi connectivity index (χ4n) is 4.15. The maximum atomic E-state index is 13.0. The summed E-state index contributed by atoms with van der Waals surface area (Å²) < 4.78 is 65.2. The number of sulfonamides is 1. The number of halogens is 3. The second-order valence-electron chi connectivity index (χ2n) is 8.02. The van der Waals surface area contributed by atoms with Crippen LogP contribution in [0, 0.1) is 0 Å². The molecule has 11 heteroatoms. The number of fused-ring (bicyclic) bond motifs is 1. The smallest absolute Gasteiger partial charge is 0.337 e. The Balaban J connectivity index is 1.36. The van der Waals surface area contributed by atoms with E-state index in [1.165, 1.54) is 14.7 Å². The van der Waals surface area contributed by atoms with Gasteiger partial charge in [0.05, 0.1) is 16.5 Å². The summed E-state index contributed by atoms with van der Waals surface area (Å²) in [5.74, 6) is 0.0286. The van der Waals surface area contributed by atoms with Crippen molar-refractivity contribution in [2.75, 3.05) is 32.7 Å². The highest BCUT2D eigenvalue weighted by Gasteiger charge is 2.35. The molecule has 1 atom stereocenters. The molecule has 0 bridgehead atoms. The molecule has 2 aliphatic heterocycles. The van der Waals surface area contributed by atoms with E-state index in [0.29, 0.717) is 26.2 Å². The van der Waals surface area contributed by atoms with Crippen LogP contribution in [0.5, 0.6) is 0 Å². The van der Waals surface area contributed by atoms with Gasteiger partial charge in [0.25, 0.3) is 0 Å². The molecule has 3 heterocycles. The lowest BCUT2D eigenvalue weighted by atomic mass is 10.1. The van der Waals surface area contributed by atoms with Crippen LogP contribution in [-0.2, 0) is 34.0 Å². The summed E-state index contributed by atoms with van der Waals surface area (Å²) >= 11 is 1.71. The van der Waals surface area contributed by atoms with E-state index in [1.807, 2.05) is 22.1 Å². The first kappa shape index (κ1) is 23.2. The van der Waals surface area contributed by atoms with Crippen molar-refractivity contribution in [2.24, 2.45) is 0 Å². The zero-order valence-corrected chi connectivity index (χ0v) is 19.1. The van der Waals surface area contributed by atoms with Gasteiger partial charge in [-0.05, 0) is 54.6 Å². The minimum absolute atomic E-state index is 0.0286. The number of amides is 1. The van der Waals surface area contributed by atoms with Crippen LogP contribution >= 0.6 is 11.3 Å². The molecule has 1 amide bonds. The lowest BCUT2D eigenvalue weighted by Crippen LogP contribution is -2.55. The molecule has 0 radical (unpaired) electrons. The van der Waals surface area contributed by atoms with Gasteiger partial charge in [-0.2, -0.15) is 17.5 Å². The molecule has 2 aromatic rings. The fraction of sp³-hybridized carbons (Fsp3) is 0.476. The Morgan fingerprint density at radius 1 is 1.03 bits per heavy atom. The summed E-state index contributed by atoms with van der Waals surface area (Å²) in [6.45, 7) is 4.23. The van der Waals surface area contributed by atoms with Crippen molar-refractivity contribution < 1.29 is 26.4 Å². The fourth-order valence-corrected chi connectivity index (χ4v) is 6.47. The molecule has 6 nitrogen and oxygen atoms in total. The van der Waals surface area contributed by atoms with Crippen LogP contribution in [-0.4, -0.2) is 67.2 Å². The van der Waals surface area contributed by atoms with Crippen molar-refractivity contribution in [1.82, 2.24) is 14.1 Å². The van der Waals surface area contributed by atoms with Gasteiger partial charge >= 0.3 is 6.18 Å². The van der Waals surface area contributed by atoms with Gasteiger partial charge in [0, 0.05) is 44.1 Å². The second-order valence-corrected chi connectivity index (χ2v) is 11.0. The van der Waals surface area contributed by atoms with E-state index >= 15 is 0 Å². The Hall–Kier alpha value is -1.95. The van der Waals surface area contributed by atoms with Crippen LogP contribution < -0.4 is 0 Å². The molecule has 4 rings (SSSR count). The van der Waals surface area contributed by atoms with E-state index in [-0.39, 0.29) is 29.9 Å². The number of benzene rings is 1. The van der Waals surface area contributed by atoms with Gasteiger partial charge < -0.3 is 4.90 Å². The third-order valence-electron chi connectivity index (χ3n) is 6.12. The van der Waals surface area contributed by atoms with Gasteiger partial charge in [-0.1, -0.05) is 0 Å². The van der Waals surface area contributed by atoms with Crippen molar-refractivity contribution in [3.05, 3.63) is 51.7 Å². The van der Waals surface area contributed by atoms with E-state index in [1.54, 1.807) is 11.3 Å². The number of piperazine rings is 1. The van der Waals surface area contributed by atoms with Gasteiger partial charge in [-0.15, -0.1) is 11.3 Å². The molecular weight excluding hydrogens is 463 g/mol. The van der Waals surface area contributed by atoms with Crippen LogP contribution in [0.1, 0.15) is 22.9 Å². The predicted molar refractivity (Wildman–Crippen MR) is 115 cm³/mol. The molecule has 1 saturated heterocycles. The number of rotatable bonds is 4. The highest BCUT2D eigenvalue weighted by Crippen LogP contribution is 2.30. The van der Waals surface area contributed by atoms with Crippen molar-refractivity contribution in [3.8, 4) is 0 Å². The lowest BCUT2D eigenvalue weighted by Gasteiger charge is -2.39. The molecule has 174 valence electrons. The highest BCUT2D eigenvalue weighted by atomic mass is 32.2. The van der Waals surface area contributed by atoms with Crippen LogP contribution in [0.2, 0.25) is 0 Å². The quantitative estimate of drug-likeness (QED) is 0.665. The molecule has 1 aromatic heterocycles. The molecule has 32 heavy (non-hydrogen) atoms. The number of carbonyl (C=O) groups excluding carboxylic acids is 1. The van der Waals surface area contributed by atoms with Gasteiger partial charge in [-0.3, -0.25) is 9.69 Å². The topological polar surface area (TPSA) is 60.9 Å². The number of hydrogen-bond acceptors (Lipinski definition) is 5. The maximum Gasteiger partial charge on any atom is 0.416 e. The van der Waals surface area contributed by atoms with Crippen LogP contribution in [0.3, 0.4) is 0 Å². The first-order chi connectivity index (χ1) is 15.1. The minimum atomic E-state index is -4.52. The number of hydrogen-bond donors (Lipinski definition) is 0. The largest absolute Gasteiger partial charge is 0.416 e.